The zero-order chi connectivity index (χ0) is 11.5. The van der Waals surface area contributed by atoms with Gasteiger partial charge in [0.2, 0.25) is 0 Å². The van der Waals surface area contributed by atoms with Crippen molar-refractivity contribution in [1.82, 2.24) is 4.90 Å². The van der Waals surface area contributed by atoms with Crippen LogP contribution in [-0.2, 0) is 4.79 Å². The van der Waals surface area contributed by atoms with Crippen molar-refractivity contribution < 1.29 is 4.79 Å². The van der Waals surface area contributed by atoms with Crippen LogP contribution in [0.2, 0.25) is 0 Å². The molecule has 0 aliphatic heterocycles. The van der Waals surface area contributed by atoms with Crippen molar-refractivity contribution in [1.29, 1.82) is 0 Å². The van der Waals surface area contributed by atoms with Gasteiger partial charge >= 0.3 is 0 Å². The Morgan fingerprint density at radius 2 is 1.75 bits per heavy atom. The Labute approximate surface area is 99.4 Å². The highest BCUT2D eigenvalue weighted by atomic mass is 16.1. The molecule has 2 saturated carbocycles. The second-order valence-corrected chi connectivity index (χ2v) is 5.81. The van der Waals surface area contributed by atoms with Crippen molar-refractivity contribution in [2.45, 2.75) is 70.4 Å². The van der Waals surface area contributed by atoms with Crippen LogP contribution in [0.1, 0.15) is 58.3 Å². The van der Waals surface area contributed by atoms with E-state index in [4.69, 9.17) is 0 Å². The number of hydrogen-bond acceptors (Lipinski definition) is 2. The Hall–Kier alpha value is -0.370. The van der Waals surface area contributed by atoms with Crippen molar-refractivity contribution in [3.8, 4) is 0 Å². The molecule has 2 nitrogen and oxygen atoms in total. The largest absolute Gasteiger partial charge is 0.298 e. The number of carbonyl (C=O) groups excluding carboxylic acids is 1. The standard InChI is InChI=1S/C14H25NO/c1-11-7-9-12(10-8-11)15(2)13-5-3-4-6-14(13)16/h11-13H,3-10H2,1-2H3. The molecular weight excluding hydrogens is 198 g/mol. The number of ketones is 1. The highest BCUT2D eigenvalue weighted by molar-refractivity contribution is 5.84. The maximum absolute atomic E-state index is 11.9. The van der Waals surface area contributed by atoms with Crippen LogP contribution < -0.4 is 0 Å². The van der Waals surface area contributed by atoms with Gasteiger partial charge in [0.25, 0.3) is 0 Å². The van der Waals surface area contributed by atoms with Gasteiger partial charge in [0.15, 0.2) is 0 Å². The Kier molecular flexibility index (Phi) is 4.01. The highest BCUT2D eigenvalue weighted by Crippen LogP contribution is 2.29. The van der Waals surface area contributed by atoms with E-state index in [9.17, 15) is 4.79 Å². The fourth-order valence-electron chi connectivity index (χ4n) is 3.30. The zero-order valence-corrected chi connectivity index (χ0v) is 10.7. The Morgan fingerprint density at radius 1 is 1.06 bits per heavy atom. The van der Waals surface area contributed by atoms with E-state index < -0.39 is 0 Å². The minimum absolute atomic E-state index is 0.243. The van der Waals surface area contributed by atoms with Crippen LogP contribution in [0.4, 0.5) is 0 Å². The van der Waals surface area contributed by atoms with Gasteiger partial charge in [-0.1, -0.05) is 13.3 Å². The lowest BCUT2D eigenvalue weighted by Crippen LogP contribution is -2.47. The second-order valence-electron chi connectivity index (χ2n) is 5.81. The highest BCUT2D eigenvalue weighted by Gasteiger charge is 2.31. The SMILES string of the molecule is CC1CCC(N(C)C2CCCCC2=O)CC1. The average molecular weight is 223 g/mol. The molecule has 2 fully saturated rings. The number of Topliss-reactive ketones (excluding diaryl/α,β-unsaturated/α-hetero) is 1. The molecule has 1 atom stereocenters. The lowest BCUT2D eigenvalue weighted by molar-refractivity contribution is -0.126. The van der Waals surface area contributed by atoms with E-state index in [1.807, 2.05) is 0 Å². The Bertz CT molecular complexity index is 243. The fourth-order valence-corrected chi connectivity index (χ4v) is 3.30. The summed E-state index contributed by atoms with van der Waals surface area (Å²) in [7, 11) is 2.18. The first-order valence-electron chi connectivity index (χ1n) is 6.93. The molecule has 0 aromatic rings. The molecule has 0 N–H and O–H groups in total. The van der Waals surface area contributed by atoms with E-state index in [0.717, 1.165) is 25.2 Å². The van der Waals surface area contributed by atoms with E-state index in [-0.39, 0.29) is 6.04 Å². The number of rotatable bonds is 2. The van der Waals surface area contributed by atoms with Crippen molar-refractivity contribution in [3.63, 3.8) is 0 Å². The minimum atomic E-state index is 0.243. The number of carbonyl (C=O) groups is 1. The molecule has 16 heavy (non-hydrogen) atoms. The van der Waals surface area contributed by atoms with E-state index in [0.29, 0.717) is 11.8 Å². The number of hydrogen-bond donors (Lipinski definition) is 0. The quantitative estimate of drug-likeness (QED) is 0.717. The molecule has 0 spiro atoms. The summed E-state index contributed by atoms with van der Waals surface area (Å²) in [6.07, 6.45) is 9.54. The van der Waals surface area contributed by atoms with E-state index >= 15 is 0 Å². The number of nitrogens with zero attached hydrogens (tertiary/aromatic N) is 1. The summed E-state index contributed by atoms with van der Waals surface area (Å²) in [5.74, 6) is 1.39. The summed E-state index contributed by atoms with van der Waals surface area (Å²) in [5.41, 5.74) is 0. The zero-order valence-electron chi connectivity index (χ0n) is 10.7. The van der Waals surface area contributed by atoms with Gasteiger partial charge in [-0.15, -0.1) is 0 Å². The smallest absolute Gasteiger partial charge is 0.149 e. The molecule has 2 heteroatoms. The molecule has 0 radical (unpaired) electrons. The molecule has 0 heterocycles. The summed E-state index contributed by atoms with van der Waals surface area (Å²) in [6.45, 7) is 2.35. The van der Waals surface area contributed by atoms with Gasteiger partial charge in [-0.05, 0) is 51.5 Å². The summed E-state index contributed by atoms with van der Waals surface area (Å²) >= 11 is 0. The molecule has 1 unspecified atom stereocenters. The Balaban J connectivity index is 1.90. The first-order chi connectivity index (χ1) is 7.68. The van der Waals surface area contributed by atoms with E-state index in [2.05, 4.69) is 18.9 Å². The maximum atomic E-state index is 11.9. The lowest BCUT2D eigenvalue weighted by Gasteiger charge is -2.39. The summed E-state index contributed by atoms with van der Waals surface area (Å²) in [5, 5.41) is 0. The lowest BCUT2D eigenvalue weighted by atomic mass is 9.84. The molecule has 2 aliphatic rings. The molecule has 92 valence electrons. The molecule has 0 aromatic carbocycles. The van der Waals surface area contributed by atoms with Crippen molar-refractivity contribution in [2.24, 2.45) is 5.92 Å². The number of likely N-dealkylation sites (N-methyl/N-ethyl adjacent to an activating group) is 1. The van der Waals surface area contributed by atoms with Crippen LogP contribution >= 0.6 is 0 Å². The summed E-state index contributed by atoms with van der Waals surface area (Å²) in [6, 6.07) is 0.912. The molecule has 0 bridgehead atoms. The van der Waals surface area contributed by atoms with Crippen LogP contribution in [0.3, 0.4) is 0 Å². The topological polar surface area (TPSA) is 20.3 Å². The van der Waals surface area contributed by atoms with Gasteiger partial charge in [-0.2, -0.15) is 0 Å². The summed E-state index contributed by atoms with van der Waals surface area (Å²) < 4.78 is 0. The van der Waals surface area contributed by atoms with Crippen molar-refractivity contribution in [3.05, 3.63) is 0 Å². The predicted octanol–water partition coefficient (Wildman–Crippen LogP) is 3.01. The third kappa shape index (κ3) is 2.65. The van der Waals surface area contributed by atoms with Gasteiger partial charge in [-0.25, -0.2) is 0 Å². The van der Waals surface area contributed by atoms with E-state index in [1.54, 1.807) is 0 Å². The molecular formula is C14H25NO. The summed E-state index contributed by atoms with van der Waals surface area (Å²) in [4.78, 5) is 14.3. The van der Waals surface area contributed by atoms with Crippen LogP contribution in [-0.4, -0.2) is 29.8 Å². The first-order valence-corrected chi connectivity index (χ1v) is 6.93. The van der Waals surface area contributed by atoms with Gasteiger partial charge in [-0.3, -0.25) is 9.69 Å². The van der Waals surface area contributed by atoms with Gasteiger partial charge in [0.1, 0.15) is 5.78 Å². The predicted molar refractivity (Wildman–Crippen MR) is 66.4 cm³/mol. The third-order valence-corrected chi connectivity index (χ3v) is 4.58. The minimum Gasteiger partial charge on any atom is -0.298 e. The van der Waals surface area contributed by atoms with Crippen molar-refractivity contribution >= 4 is 5.78 Å². The van der Waals surface area contributed by atoms with Crippen molar-refractivity contribution in [2.75, 3.05) is 7.05 Å². The van der Waals surface area contributed by atoms with Crippen LogP contribution in [0, 0.1) is 5.92 Å². The van der Waals surface area contributed by atoms with Gasteiger partial charge < -0.3 is 0 Å². The average Bonchev–Trinajstić information content (AvgIpc) is 2.30. The van der Waals surface area contributed by atoms with Gasteiger partial charge in [0.05, 0.1) is 6.04 Å². The first kappa shape index (κ1) is 12.1. The molecule has 0 amide bonds. The second kappa shape index (κ2) is 5.31. The molecule has 0 saturated heterocycles. The Morgan fingerprint density at radius 3 is 2.38 bits per heavy atom. The maximum Gasteiger partial charge on any atom is 0.149 e. The molecule has 2 aliphatic carbocycles. The van der Waals surface area contributed by atoms with E-state index in [1.165, 1.54) is 32.1 Å². The van der Waals surface area contributed by atoms with Gasteiger partial charge in [0, 0.05) is 12.5 Å². The van der Waals surface area contributed by atoms with Crippen LogP contribution in [0.15, 0.2) is 0 Å². The third-order valence-electron chi connectivity index (χ3n) is 4.58. The van der Waals surface area contributed by atoms with Crippen LogP contribution in [0.25, 0.3) is 0 Å². The molecule has 0 aromatic heterocycles. The fraction of sp³-hybridized carbons (Fsp3) is 0.929. The normalized spacial score (nSPS) is 36.7. The molecule has 2 rings (SSSR count). The van der Waals surface area contributed by atoms with Crippen LogP contribution in [0.5, 0.6) is 0 Å². The monoisotopic (exact) mass is 223 g/mol.